The number of rotatable bonds is 13. The molecule has 3 unspecified atom stereocenters. The lowest BCUT2D eigenvalue weighted by Gasteiger charge is -2.50. The van der Waals surface area contributed by atoms with Crippen molar-refractivity contribution in [3.63, 3.8) is 0 Å². The van der Waals surface area contributed by atoms with Crippen LogP contribution in [-0.2, 0) is 29.9 Å². The maximum atomic E-state index is 13.3. The van der Waals surface area contributed by atoms with Crippen LogP contribution < -0.4 is 26.8 Å². The van der Waals surface area contributed by atoms with E-state index in [0.29, 0.717) is 31.0 Å². The van der Waals surface area contributed by atoms with Gasteiger partial charge in [0.2, 0.25) is 0 Å². The minimum Gasteiger partial charge on any atom is -0.486 e. The fourth-order valence-corrected chi connectivity index (χ4v) is 6.76. The van der Waals surface area contributed by atoms with E-state index in [-0.39, 0.29) is 46.5 Å². The summed E-state index contributed by atoms with van der Waals surface area (Å²) in [5.41, 5.74) is 12.8. The number of oxime groups is 1. The second-order valence-corrected chi connectivity index (χ2v) is 13.6. The highest BCUT2D eigenvalue weighted by molar-refractivity contribution is 7.88. The Morgan fingerprint density at radius 3 is 2.78 bits per heavy atom. The summed E-state index contributed by atoms with van der Waals surface area (Å²) in [6.45, 7) is 5.77. The predicted octanol–water partition coefficient (Wildman–Crippen LogP) is 2.20. The van der Waals surface area contributed by atoms with E-state index in [1.807, 2.05) is 18.2 Å². The van der Waals surface area contributed by atoms with Gasteiger partial charge < -0.3 is 41.0 Å². The number of carbonyl (C=O) groups excluding carboxylic acids is 2. The molecule has 0 bridgehead atoms. The smallest absolute Gasteiger partial charge is 0.276 e. The third kappa shape index (κ3) is 7.08. The van der Waals surface area contributed by atoms with Crippen LogP contribution in [0.2, 0.25) is 0 Å². The van der Waals surface area contributed by atoms with Crippen molar-refractivity contribution in [3.05, 3.63) is 40.4 Å². The lowest BCUT2D eigenvalue weighted by molar-refractivity contribution is -0.214. The number of fused-ring (bicyclic) bond motifs is 1. The zero-order chi connectivity index (χ0) is 33.2. The van der Waals surface area contributed by atoms with Crippen LogP contribution in [0.15, 0.2) is 28.7 Å². The predicted molar refractivity (Wildman–Crippen MR) is 173 cm³/mol. The van der Waals surface area contributed by atoms with Crippen molar-refractivity contribution < 1.29 is 32.7 Å². The molecule has 15 nitrogen and oxygen atoms in total. The second kappa shape index (κ2) is 13.7. The van der Waals surface area contributed by atoms with Gasteiger partial charge in [0.25, 0.3) is 11.8 Å². The molecular formula is C29H40N8O7S2. The van der Waals surface area contributed by atoms with E-state index in [1.165, 1.54) is 0 Å². The minimum atomic E-state index is -0.936. The number of thiazole rings is 1. The molecule has 17 heteroatoms. The number of anilines is 1. The Balaban J connectivity index is 1.19. The number of methoxy groups -OCH3 is 1. The summed E-state index contributed by atoms with van der Waals surface area (Å²) in [6, 6.07) is 4.89. The van der Waals surface area contributed by atoms with Crippen LogP contribution in [0.4, 0.5) is 5.13 Å². The van der Waals surface area contributed by atoms with Gasteiger partial charge in [-0.25, -0.2) is 4.98 Å². The highest BCUT2D eigenvalue weighted by atomic mass is 32.2. The minimum absolute atomic E-state index is 0.0425. The van der Waals surface area contributed by atoms with Crippen molar-refractivity contribution in [3.8, 4) is 5.75 Å². The number of carbonyl (C=O) groups is 2. The van der Waals surface area contributed by atoms with Gasteiger partial charge in [0.05, 0.1) is 5.54 Å². The molecule has 1 aromatic heterocycles. The summed E-state index contributed by atoms with van der Waals surface area (Å²) in [7, 11) is 1.67. The number of aryl methyl sites for hydroxylation is 1. The van der Waals surface area contributed by atoms with Crippen molar-refractivity contribution in [2.45, 2.75) is 88.2 Å². The maximum absolute atomic E-state index is 13.3. The Kier molecular flexibility index (Phi) is 10.1. The first-order valence-corrected chi connectivity index (χ1v) is 16.4. The second-order valence-electron chi connectivity index (χ2n) is 12.4. The van der Waals surface area contributed by atoms with Gasteiger partial charge in [-0.3, -0.25) is 15.0 Å². The topological polar surface area (TPSA) is 220 Å². The van der Waals surface area contributed by atoms with Gasteiger partial charge in [-0.05, 0) is 76.6 Å². The number of nitrogens with one attached hydrogen (secondary N) is 3. The number of aromatic nitrogens is 1. The average molecular weight is 677 g/mol. The molecule has 8 N–H and O–H groups in total. The highest BCUT2D eigenvalue weighted by Gasteiger charge is 2.57. The molecule has 3 aliphatic rings. The molecule has 1 aromatic carbocycles. The van der Waals surface area contributed by atoms with Gasteiger partial charge in [0, 0.05) is 36.2 Å². The number of amidine groups is 1. The van der Waals surface area contributed by atoms with Crippen LogP contribution in [0.25, 0.3) is 0 Å². The third-order valence-corrected chi connectivity index (χ3v) is 9.55. The van der Waals surface area contributed by atoms with Crippen molar-refractivity contribution in [1.82, 2.24) is 20.7 Å². The number of hydrogen-bond acceptors (Lipinski definition) is 14. The van der Waals surface area contributed by atoms with E-state index in [4.69, 9.17) is 40.0 Å². The van der Waals surface area contributed by atoms with Crippen molar-refractivity contribution >= 4 is 52.2 Å². The lowest BCUT2D eigenvalue weighted by atomic mass is 9.71. The summed E-state index contributed by atoms with van der Waals surface area (Å²) in [4.78, 5) is 35.8. The van der Waals surface area contributed by atoms with Crippen LogP contribution in [-0.4, -0.2) is 87.0 Å². The Bertz CT molecular complexity index is 1500. The first kappa shape index (κ1) is 33.9. The number of benzene rings is 1. The van der Waals surface area contributed by atoms with Crippen molar-refractivity contribution in [2.24, 2.45) is 10.9 Å². The van der Waals surface area contributed by atoms with Crippen LogP contribution in [0, 0.1) is 5.41 Å². The number of nitrogens with two attached hydrogens (primary N) is 2. The van der Waals surface area contributed by atoms with E-state index < -0.39 is 29.5 Å². The monoisotopic (exact) mass is 676 g/mol. The van der Waals surface area contributed by atoms with Gasteiger partial charge in [-0.15, -0.1) is 11.3 Å². The standard InChI is InChI=1S/C29H40N8O7S2/c1-15(43-36-22(19-14-45-27(31)34-19)25(38)35-23-26(39)37(44-46-40)28(23,2)3)20-7-5-16-11-17(6-8-21(16)42-20)24(30)33-18-12-29(32,13-18)9-10-41-4/h6,8,11,14-15,18,20,23,40H,5,7,9-10,12-13,32H2,1-4H3,(H2,30,33)(H2,31,34)(H,35,38)/b36-22-. The number of nitrogens with zero attached hydrogens (tertiary/aromatic N) is 3. The molecule has 1 saturated heterocycles. The number of hydrogen-bond donors (Lipinski definition) is 6. The van der Waals surface area contributed by atoms with Crippen LogP contribution >= 0.6 is 23.7 Å². The molecule has 0 spiro atoms. The molecule has 2 aromatic rings. The zero-order valence-electron chi connectivity index (χ0n) is 26.1. The fraction of sp³-hybridized carbons (Fsp3) is 0.552. The highest BCUT2D eigenvalue weighted by Crippen LogP contribution is 2.35. The van der Waals surface area contributed by atoms with E-state index in [9.17, 15) is 9.59 Å². The van der Waals surface area contributed by atoms with Crippen LogP contribution in [0.3, 0.4) is 0 Å². The van der Waals surface area contributed by atoms with E-state index in [0.717, 1.165) is 46.8 Å². The average Bonchev–Trinajstić information content (AvgIpc) is 3.45. The number of hydroxylamine groups is 2. The van der Waals surface area contributed by atoms with Gasteiger partial charge >= 0.3 is 0 Å². The summed E-state index contributed by atoms with van der Waals surface area (Å²) < 4.78 is 25.3. The molecule has 5 rings (SSSR count). The van der Waals surface area contributed by atoms with E-state index in [2.05, 4.69) is 20.8 Å². The molecular weight excluding hydrogens is 637 g/mol. The summed E-state index contributed by atoms with van der Waals surface area (Å²) >= 11 is 1.18. The zero-order valence-corrected chi connectivity index (χ0v) is 27.7. The lowest BCUT2D eigenvalue weighted by Crippen LogP contribution is -2.76. The molecule has 1 aliphatic carbocycles. The number of β-lactam (4-membered cyclic amide) rings is 1. The Morgan fingerprint density at radius 1 is 1.37 bits per heavy atom. The van der Waals surface area contributed by atoms with Crippen LogP contribution in [0.5, 0.6) is 5.75 Å². The molecule has 1 saturated carbocycles. The largest absolute Gasteiger partial charge is 0.486 e. The third-order valence-electron chi connectivity index (χ3n) is 8.66. The summed E-state index contributed by atoms with van der Waals surface area (Å²) in [5, 5.41) is 21.5. The first-order chi connectivity index (χ1) is 21.8. The SMILES string of the molecule is COCCC1(N)CC(NC(=N)c2ccc3c(c2)CCC(C(C)O/N=C(\C(=O)NC2C(=O)N(OSO)C2(C)C)c2csc(N)n2)O3)C1. The van der Waals surface area contributed by atoms with Gasteiger partial charge in [0.15, 0.2) is 29.3 Å². The van der Waals surface area contributed by atoms with Gasteiger partial charge in [-0.1, -0.05) is 5.16 Å². The van der Waals surface area contributed by atoms with Crippen molar-refractivity contribution in [1.29, 1.82) is 5.41 Å². The number of nitrogen functional groups attached to an aromatic ring is 1. The fourth-order valence-electron chi connectivity index (χ4n) is 5.88. The molecule has 2 aliphatic heterocycles. The molecule has 250 valence electrons. The molecule has 0 radical (unpaired) electrons. The number of amides is 2. The van der Waals surface area contributed by atoms with E-state index >= 15 is 0 Å². The Labute approximate surface area is 275 Å². The number of ether oxygens (including phenoxy) is 2. The molecule has 3 heterocycles. The van der Waals surface area contributed by atoms with Gasteiger partial charge in [-0.2, -0.15) is 9.35 Å². The summed E-state index contributed by atoms with van der Waals surface area (Å²) in [5.74, 6) is -0.177. The molecule has 2 fully saturated rings. The Hall–Kier alpha value is -3.48. The summed E-state index contributed by atoms with van der Waals surface area (Å²) in [6.07, 6.45) is 2.80. The quantitative estimate of drug-likeness (QED) is 0.0591. The maximum Gasteiger partial charge on any atom is 0.276 e. The van der Waals surface area contributed by atoms with Crippen LogP contribution in [0.1, 0.15) is 63.3 Å². The van der Waals surface area contributed by atoms with E-state index in [1.54, 1.807) is 33.3 Å². The molecule has 3 atom stereocenters. The normalized spacial score (nSPS) is 25.8. The first-order valence-electron chi connectivity index (χ1n) is 14.9. The molecule has 46 heavy (non-hydrogen) atoms. The Morgan fingerprint density at radius 2 is 2.13 bits per heavy atom. The van der Waals surface area contributed by atoms with Gasteiger partial charge in [0.1, 0.15) is 29.4 Å². The van der Waals surface area contributed by atoms with Crippen molar-refractivity contribution in [2.75, 3.05) is 19.5 Å². The molecule has 2 amide bonds.